The number of benzene rings is 1. The SMILES string of the molecule is CS(=O)(=O)c1cccc(-c2ccnc(Cl)c2)c1.[N]. The van der Waals surface area contributed by atoms with Crippen LogP contribution in [0.2, 0.25) is 5.15 Å². The monoisotopic (exact) mass is 281 g/mol. The van der Waals surface area contributed by atoms with Crippen LogP contribution in [-0.4, -0.2) is 19.7 Å². The van der Waals surface area contributed by atoms with Crippen molar-refractivity contribution < 1.29 is 8.42 Å². The zero-order valence-corrected chi connectivity index (χ0v) is 11.1. The van der Waals surface area contributed by atoms with Crippen LogP contribution in [0.5, 0.6) is 0 Å². The van der Waals surface area contributed by atoms with E-state index in [0.717, 1.165) is 11.1 Å². The molecule has 0 aliphatic carbocycles. The Kier molecular flexibility index (Phi) is 4.45. The van der Waals surface area contributed by atoms with Crippen LogP contribution in [0.15, 0.2) is 47.5 Å². The highest BCUT2D eigenvalue weighted by Crippen LogP contribution is 2.23. The highest BCUT2D eigenvalue weighted by molar-refractivity contribution is 7.90. The summed E-state index contributed by atoms with van der Waals surface area (Å²) in [5.74, 6) is 0. The van der Waals surface area contributed by atoms with E-state index in [1.807, 2.05) is 6.07 Å². The third-order valence-electron chi connectivity index (χ3n) is 2.32. The van der Waals surface area contributed by atoms with Crippen molar-refractivity contribution in [2.75, 3.05) is 6.26 Å². The summed E-state index contributed by atoms with van der Waals surface area (Å²) in [7, 11) is -3.19. The van der Waals surface area contributed by atoms with Crippen molar-refractivity contribution in [3.8, 4) is 11.1 Å². The Hall–Kier alpha value is -1.43. The smallest absolute Gasteiger partial charge is 0.175 e. The van der Waals surface area contributed by atoms with Gasteiger partial charge >= 0.3 is 0 Å². The summed E-state index contributed by atoms with van der Waals surface area (Å²) in [6, 6.07) is 10.2. The fourth-order valence-electron chi connectivity index (χ4n) is 1.49. The number of halogens is 1. The quantitative estimate of drug-likeness (QED) is 0.793. The van der Waals surface area contributed by atoms with E-state index in [1.165, 1.54) is 6.26 Å². The van der Waals surface area contributed by atoms with Crippen molar-refractivity contribution in [1.82, 2.24) is 11.1 Å². The Morgan fingerprint density at radius 1 is 1.11 bits per heavy atom. The van der Waals surface area contributed by atoms with E-state index >= 15 is 0 Å². The lowest BCUT2D eigenvalue weighted by atomic mass is 10.1. The molecule has 2 rings (SSSR count). The highest BCUT2D eigenvalue weighted by atomic mass is 35.5. The van der Waals surface area contributed by atoms with E-state index in [9.17, 15) is 8.42 Å². The van der Waals surface area contributed by atoms with Crippen molar-refractivity contribution in [2.24, 2.45) is 0 Å². The molecular weight excluding hydrogens is 272 g/mol. The summed E-state index contributed by atoms with van der Waals surface area (Å²) in [6.07, 6.45) is 2.77. The zero-order valence-electron chi connectivity index (χ0n) is 9.54. The van der Waals surface area contributed by atoms with Gasteiger partial charge < -0.3 is 0 Å². The second-order valence-electron chi connectivity index (χ2n) is 3.67. The van der Waals surface area contributed by atoms with E-state index in [1.54, 1.807) is 36.5 Å². The number of nitrogens with zero attached hydrogens (tertiary/aromatic N) is 2. The molecule has 0 saturated carbocycles. The Morgan fingerprint density at radius 2 is 1.78 bits per heavy atom. The number of sulfone groups is 1. The first-order valence-corrected chi connectivity index (χ1v) is 7.16. The molecule has 3 radical (unpaired) electrons. The van der Waals surface area contributed by atoms with E-state index in [4.69, 9.17) is 11.6 Å². The molecule has 0 atom stereocenters. The van der Waals surface area contributed by atoms with Gasteiger partial charge in [-0.05, 0) is 35.4 Å². The lowest BCUT2D eigenvalue weighted by molar-refractivity contribution is 0.602. The number of hydrogen-bond acceptors (Lipinski definition) is 3. The molecule has 0 aliphatic rings. The van der Waals surface area contributed by atoms with Crippen molar-refractivity contribution in [3.05, 3.63) is 47.7 Å². The molecule has 0 aliphatic heterocycles. The van der Waals surface area contributed by atoms with E-state index in [2.05, 4.69) is 4.98 Å². The minimum atomic E-state index is -3.19. The average Bonchev–Trinajstić information content (AvgIpc) is 2.28. The summed E-state index contributed by atoms with van der Waals surface area (Å²) in [6.45, 7) is 0. The van der Waals surface area contributed by atoms with Crippen molar-refractivity contribution >= 4 is 21.4 Å². The number of pyridine rings is 1. The topological polar surface area (TPSA) is 77.5 Å². The number of aromatic nitrogens is 1. The van der Waals surface area contributed by atoms with Crippen molar-refractivity contribution in [3.63, 3.8) is 0 Å². The molecule has 18 heavy (non-hydrogen) atoms. The van der Waals surface area contributed by atoms with Gasteiger partial charge in [-0.15, -0.1) is 0 Å². The maximum atomic E-state index is 11.4. The predicted molar refractivity (Wildman–Crippen MR) is 69.9 cm³/mol. The van der Waals surface area contributed by atoms with Crippen LogP contribution < -0.4 is 6.15 Å². The summed E-state index contributed by atoms with van der Waals surface area (Å²) < 4.78 is 22.9. The first kappa shape index (κ1) is 14.6. The normalized spacial score (nSPS) is 10.8. The standard InChI is InChI=1S/C12H10ClNO2S.N/c1-17(15,16)11-4-2-3-9(7-11)10-5-6-14-12(13)8-10;/h2-8H,1H3;. The van der Waals surface area contributed by atoms with Crippen molar-refractivity contribution in [1.29, 1.82) is 0 Å². The molecule has 93 valence electrons. The van der Waals surface area contributed by atoms with Gasteiger partial charge in [-0.2, -0.15) is 0 Å². The Balaban J connectivity index is 0.00000162. The Bertz CT molecular complexity index is 657. The second-order valence-corrected chi connectivity index (χ2v) is 6.07. The van der Waals surface area contributed by atoms with Gasteiger partial charge in [0.1, 0.15) is 5.15 Å². The maximum absolute atomic E-state index is 11.4. The van der Waals surface area contributed by atoms with Crippen LogP contribution in [0.3, 0.4) is 0 Å². The Labute approximate surface area is 111 Å². The van der Waals surface area contributed by atoms with Gasteiger partial charge in [0.05, 0.1) is 4.90 Å². The fraction of sp³-hybridized carbons (Fsp3) is 0.0833. The van der Waals surface area contributed by atoms with Crippen LogP contribution in [0.4, 0.5) is 0 Å². The van der Waals surface area contributed by atoms with Gasteiger partial charge in [-0.1, -0.05) is 23.7 Å². The van der Waals surface area contributed by atoms with Gasteiger partial charge in [-0.3, -0.25) is 0 Å². The third-order valence-corrected chi connectivity index (χ3v) is 3.64. The van der Waals surface area contributed by atoms with Crippen molar-refractivity contribution in [2.45, 2.75) is 4.90 Å². The number of rotatable bonds is 2. The van der Waals surface area contributed by atoms with E-state index < -0.39 is 9.84 Å². The third kappa shape index (κ3) is 3.29. The van der Waals surface area contributed by atoms with Gasteiger partial charge in [-0.25, -0.2) is 13.4 Å². The Morgan fingerprint density at radius 3 is 2.39 bits per heavy atom. The summed E-state index contributed by atoms with van der Waals surface area (Å²) in [4.78, 5) is 4.18. The highest BCUT2D eigenvalue weighted by Gasteiger charge is 2.08. The molecule has 0 fully saturated rings. The molecule has 0 unspecified atom stereocenters. The molecule has 2 aromatic rings. The zero-order chi connectivity index (χ0) is 12.5. The van der Waals surface area contributed by atoms with Gasteiger partial charge in [0.25, 0.3) is 0 Å². The summed E-state index contributed by atoms with van der Waals surface area (Å²) in [5, 5.41) is 0.382. The summed E-state index contributed by atoms with van der Waals surface area (Å²) >= 11 is 5.80. The molecule has 0 bridgehead atoms. The predicted octanol–water partition coefficient (Wildman–Crippen LogP) is 2.32. The molecule has 0 saturated heterocycles. The molecule has 0 N–H and O–H groups in total. The first-order valence-electron chi connectivity index (χ1n) is 4.89. The first-order chi connectivity index (χ1) is 7.97. The van der Waals surface area contributed by atoms with Crippen LogP contribution in [0.1, 0.15) is 0 Å². The molecule has 1 aromatic carbocycles. The van der Waals surface area contributed by atoms with E-state index in [-0.39, 0.29) is 6.15 Å². The molecule has 0 spiro atoms. The lowest BCUT2D eigenvalue weighted by Crippen LogP contribution is -1.96. The van der Waals surface area contributed by atoms with Crippen LogP contribution in [-0.2, 0) is 9.84 Å². The lowest BCUT2D eigenvalue weighted by Gasteiger charge is -2.04. The average molecular weight is 282 g/mol. The molecular formula is C12H10ClN2O2S. The van der Waals surface area contributed by atoms with Crippen LogP contribution in [0, 0.1) is 0 Å². The van der Waals surface area contributed by atoms with Gasteiger partial charge in [0, 0.05) is 18.6 Å². The molecule has 4 nitrogen and oxygen atoms in total. The fourth-order valence-corrected chi connectivity index (χ4v) is 2.33. The van der Waals surface area contributed by atoms with Gasteiger partial charge in [0.15, 0.2) is 9.84 Å². The maximum Gasteiger partial charge on any atom is 0.175 e. The van der Waals surface area contributed by atoms with Crippen LogP contribution in [0.25, 0.3) is 11.1 Å². The second kappa shape index (κ2) is 5.48. The molecule has 0 amide bonds. The van der Waals surface area contributed by atoms with Gasteiger partial charge in [0.2, 0.25) is 0 Å². The minimum absolute atomic E-state index is 0. The minimum Gasteiger partial charge on any atom is -0.245 e. The summed E-state index contributed by atoms with van der Waals surface area (Å²) in [5.41, 5.74) is 1.65. The number of hydrogen-bond donors (Lipinski definition) is 0. The largest absolute Gasteiger partial charge is 0.245 e. The van der Waals surface area contributed by atoms with Crippen LogP contribution >= 0.6 is 11.6 Å². The molecule has 1 aromatic heterocycles. The van der Waals surface area contributed by atoms with E-state index in [0.29, 0.717) is 10.0 Å². The molecule has 1 heterocycles. The molecule has 6 heteroatoms.